The fraction of sp³-hybridized carbons (Fsp3) is 0.533. The average molecular weight is 758 g/mol. The molecule has 11 nitrogen and oxygen atoms in total. The topological polar surface area (TPSA) is 122 Å². The standard InChI is InChI=1S/C45H55N7O4/c1-28-16-30-19-31(17-28)23-44(3,22-30)24-40(54)51-26-45(27-51)12-14-50(15-13-45)34-10-11-37(38(21-34)56-4)48-43-46-25-36-29(2)18-39(53)52(41(36)49-43)35-7-5-6-33(20-35)47-42(55)32-8-9-32/h5-7,10-11,18,20-21,25,28,30-32H,8-9,12-17,19,22-24,26-27H2,1-4H3,(H,47,55)(H,46,48,49). The second-order valence-electron chi connectivity index (χ2n) is 18.4. The Morgan fingerprint density at radius 1 is 0.964 bits per heavy atom. The third kappa shape index (κ3) is 7.25. The summed E-state index contributed by atoms with van der Waals surface area (Å²) < 4.78 is 7.43. The lowest BCUT2D eigenvalue weighted by atomic mass is 9.58. The van der Waals surface area contributed by atoms with Crippen molar-refractivity contribution in [3.8, 4) is 11.4 Å². The number of carbonyl (C=O) groups is 2. The number of amides is 2. The highest BCUT2D eigenvalue weighted by atomic mass is 16.5. The first-order valence-electron chi connectivity index (χ1n) is 20.7. The van der Waals surface area contributed by atoms with Gasteiger partial charge in [0.05, 0.1) is 18.5 Å². The fourth-order valence-electron chi connectivity index (χ4n) is 10.8. The molecule has 4 heterocycles. The van der Waals surface area contributed by atoms with Gasteiger partial charge in [-0.25, -0.2) is 4.98 Å². The molecular weight excluding hydrogens is 703 g/mol. The van der Waals surface area contributed by atoms with Gasteiger partial charge in [0.2, 0.25) is 17.8 Å². The van der Waals surface area contributed by atoms with E-state index < -0.39 is 0 Å². The van der Waals surface area contributed by atoms with E-state index in [9.17, 15) is 14.4 Å². The maximum absolute atomic E-state index is 13.5. The van der Waals surface area contributed by atoms with Crippen molar-refractivity contribution < 1.29 is 14.3 Å². The predicted octanol–water partition coefficient (Wildman–Crippen LogP) is 7.86. The lowest BCUT2D eigenvalue weighted by Gasteiger charge is -2.55. The van der Waals surface area contributed by atoms with Crippen LogP contribution in [0.15, 0.2) is 59.5 Å². The molecule has 5 fully saturated rings. The van der Waals surface area contributed by atoms with Gasteiger partial charge in [-0.1, -0.05) is 19.9 Å². The maximum atomic E-state index is 13.5. The van der Waals surface area contributed by atoms with Gasteiger partial charge >= 0.3 is 0 Å². The van der Waals surface area contributed by atoms with Crippen molar-refractivity contribution >= 4 is 45.9 Å². The molecule has 2 atom stereocenters. The number of pyridine rings is 1. The van der Waals surface area contributed by atoms with E-state index in [-0.39, 0.29) is 28.2 Å². The quantitative estimate of drug-likeness (QED) is 0.177. The van der Waals surface area contributed by atoms with Crippen LogP contribution in [0.4, 0.5) is 23.0 Å². The van der Waals surface area contributed by atoms with Crippen molar-refractivity contribution in [1.82, 2.24) is 19.4 Å². The van der Waals surface area contributed by atoms with Crippen LogP contribution in [0.1, 0.15) is 83.6 Å². The van der Waals surface area contributed by atoms with Crippen LogP contribution in [-0.4, -0.2) is 64.5 Å². The van der Waals surface area contributed by atoms with Crippen LogP contribution in [0.5, 0.6) is 5.75 Å². The number of fused-ring (bicyclic) bond motifs is 3. The van der Waals surface area contributed by atoms with Gasteiger partial charge in [-0.3, -0.25) is 19.0 Å². The van der Waals surface area contributed by atoms with Crippen LogP contribution >= 0.6 is 0 Å². The summed E-state index contributed by atoms with van der Waals surface area (Å²) in [7, 11) is 1.66. The smallest absolute Gasteiger partial charge is 0.257 e. The SMILES string of the molecule is COc1cc(N2CCC3(CC2)CN(C(=O)CC2(C)CC4CC(C)CC(C4)C2)C3)ccc1Nc1ncc2c(C)cc(=O)n(-c3cccc(NC(=O)C4CC4)c3)c2n1. The molecule has 5 aliphatic rings. The highest BCUT2D eigenvalue weighted by Crippen LogP contribution is 2.52. The Hall–Kier alpha value is -4.93. The minimum absolute atomic E-state index is 0.00885. The molecule has 0 radical (unpaired) electrons. The fourth-order valence-corrected chi connectivity index (χ4v) is 10.8. The van der Waals surface area contributed by atoms with Gasteiger partial charge in [-0.15, -0.1) is 0 Å². The Morgan fingerprint density at radius 2 is 1.71 bits per heavy atom. The highest BCUT2D eigenvalue weighted by molar-refractivity contribution is 5.94. The summed E-state index contributed by atoms with van der Waals surface area (Å²) in [6.07, 6.45) is 12.9. The number of methoxy groups -OCH3 is 1. The first kappa shape index (κ1) is 36.7. The van der Waals surface area contributed by atoms with Crippen LogP contribution < -0.4 is 25.8 Å². The number of carbonyl (C=O) groups excluding carboxylic acids is 2. The Labute approximate surface area is 329 Å². The summed E-state index contributed by atoms with van der Waals surface area (Å²) in [5.74, 6) is 3.92. The lowest BCUT2D eigenvalue weighted by molar-refractivity contribution is -0.148. The molecule has 3 saturated carbocycles. The third-order valence-corrected chi connectivity index (χ3v) is 13.6. The number of piperidine rings is 1. The largest absolute Gasteiger partial charge is 0.494 e. The molecular formula is C45H55N7O4. The molecule has 56 heavy (non-hydrogen) atoms. The summed E-state index contributed by atoms with van der Waals surface area (Å²) in [4.78, 5) is 53.5. The number of rotatable bonds is 9. The number of hydrogen-bond donors (Lipinski definition) is 2. The van der Waals surface area contributed by atoms with Crippen molar-refractivity contribution in [3.05, 3.63) is 70.6 Å². The number of aryl methyl sites for hydroxylation is 1. The van der Waals surface area contributed by atoms with E-state index >= 15 is 0 Å². The first-order valence-corrected chi connectivity index (χ1v) is 20.7. The number of hydrogen-bond acceptors (Lipinski definition) is 8. The number of aromatic nitrogens is 3. The van der Waals surface area contributed by atoms with Gasteiger partial charge in [-0.05, 0) is 124 Å². The molecule has 2 saturated heterocycles. The van der Waals surface area contributed by atoms with Crippen LogP contribution in [0.3, 0.4) is 0 Å². The molecule has 2 aromatic heterocycles. The van der Waals surface area contributed by atoms with Crippen LogP contribution in [0, 0.1) is 41.4 Å². The molecule has 2 N–H and O–H groups in total. The zero-order valence-corrected chi connectivity index (χ0v) is 33.3. The Morgan fingerprint density at radius 3 is 2.43 bits per heavy atom. The highest BCUT2D eigenvalue weighted by Gasteiger charge is 2.49. The van der Waals surface area contributed by atoms with Crippen LogP contribution in [0.2, 0.25) is 0 Å². The van der Waals surface area contributed by atoms with E-state index in [4.69, 9.17) is 9.72 Å². The van der Waals surface area contributed by atoms with Gasteiger partial charge < -0.3 is 25.2 Å². The molecule has 2 amide bonds. The summed E-state index contributed by atoms with van der Waals surface area (Å²) in [5.41, 5.74) is 4.48. The summed E-state index contributed by atoms with van der Waals surface area (Å²) in [6.45, 7) is 10.3. The minimum atomic E-state index is -0.220. The predicted molar refractivity (Wildman–Crippen MR) is 220 cm³/mol. The third-order valence-electron chi connectivity index (χ3n) is 13.6. The van der Waals surface area contributed by atoms with E-state index in [0.29, 0.717) is 40.3 Å². The summed E-state index contributed by atoms with van der Waals surface area (Å²) in [6, 6.07) is 15.0. The average Bonchev–Trinajstić information content (AvgIpc) is 4.00. The lowest BCUT2D eigenvalue weighted by Crippen LogP contribution is -2.62. The molecule has 9 rings (SSSR count). The molecule has 2 unspecified atom stereocenters. The minimum Gasteiger partial charge on any atom is -0.494 e. The number of likely N-dealkylation sites (tertiary alicyclic amines) is 1. The zero-order valence-electron chi connectivity index (χ0n) is 33.3. The molecule has 2 aromatic carbocycles. The van der Waals surface area contributed by atoms with Crippen LogP contribution in [-0.2, 0) is 9.59 Å². The monoisotopic (exact) mass is 757 g/mol. The Bertz CT molecular complexity index is 2210. The van der Waals surface area contributed by atoms with Gasteiger partial charge in [0.15, 0.2) is 5.65 Å². The number of nitrogens with zero attached hydrogens (tertiary/aromatic N) is 5. The second-order valence-corrected chi connectivity index (χ2v) is 18.4. The molecule has 294 valence electrons. The van der Waals surface area contributed by atoms with E-state index in [2.05, 4.69) is 51.4 Å². The molecule has 3 aliphatic carbocycles. The maximum Gasteiger partial charge on any atom is 0.257 e. The summed E-state index contributed by atoms with van der Waals surface area (Å²) in [5, 5.41) is 7.07. The van der Waals surface area contributed by atoms with E-state index in [1.54, 1.807) is 30.0 Å². The molecule has 2 bridgehead atoms. The van der Waals surface area contributed by atoms with Gasteiger partial charge in [0.25, 0.3) is 5.56 Å². The van der Waals surface area contributed by atoms with Crippen molar-refractivity contribution in [2.45, 2.75) is 85.0 Å². The normalized spacial score (nSPS) is 25.5. The Kier molecular flexibility index (Phi) is 9.32. The van der Waals surface area contributed by atoms with Crippen molar-refractivity contribution in [2.75, 3.05) is 48.8 Å². The first-order chi connectivity index (χ1) is 26.9. The van der Waals surface area contributed by atoms with Gasteiger partial charge in [-0.2, -0.15) is 4.98 Å². The van der Waals surface area contributed by atoms with Gasteiger partial charge in [0, 0.05) is 79.0 Å². The van der Waals surface area contributed by atoms with Crippen molar-refractivity contribution in [2.24, 2.45) is 34.5 Å². The number of benzene rings is 2. The van der Waals surface area contributed by atoms with Crippen molar-refractivity contribution in [3.63, 3.8) is 0 Å². The summed E-state index contributed by atoms with van der Waals surface area (Å²) >= 11 is 0. The number of nitrogens with one attached hydrogen (secondary N) is 2. The van der Waals surface area contributed by atoms with Crippen LogP contribution in [0.25, 0.3) is 16.7 Å². The molecule has 2 aliphatic heterocycles. The zero-order chi connectivity index (χ0) is 38.8. The molecule has 1 spiro atoms. The van der Waals surface area contributed by atoms with Gasteiger partial charge in [0.1, 0.15) is 5.75 Å². The van der Waals surface area contributed by atoms with E-state index in [1.807, 2.05) is 31.2 Å². The molecule has 4 aromatic rings. The van der Waals surface area contributed by atoms with E-state index in [1.165, 1.54) is 32.1 Å². The second kappa shape index (κ2) is 14.2. The number of anilines is 4. The Balaban J connectivity index is 0.852. The van der Waals surface area contributed by atoms with Crippen molar-refractivity contribution in [1.29, 1.82) is 0 Å². The molecule has 11 heteroatoms. The number of ether oxygens (including phenoxy) is 1. The van der Waals surface area contributed by atoms with E-state index in [0.717, 1.165) is 92.7 Å².